The Balaban J connectivity index is 2.02. The van der Waals surface area contributed by atoms with Crippen LogP contribution in [0.1, 0.15) is 25.0 Å². The van der Waals surface area contributed by atoms with Gasteiger partial charge in [0, 0.05) is 26.2 Å². The molecular formula is C21H29FN2O. The van der Waals surface area contributed by atoms with Gasteiger partial charge in [-0.2, -0.15) is 0 Å². The fourth-order valence-corrected chi connectivity index (χ4v) is 2.61. The molecule has 0 aliphatic carbocycles. The van der Waals surface area contributed by atoms with Crippen molar-refractivity contribution >= 4 is 0 Å². The number of hydrogen-bond donors (Lipinski definition) is 0. The summed E-state index contributed by atoms with van der Waals surface area (Å²) in [6, 6.07) is 15.1. The lowest BCUT2D eigenvalue weighted by atomic mass is 10.1. The Kier molecular flexibility index (Phi) is 7.41. The van der Waals surface area contributed by atoms with Crippen LogP contribution in [-0.4, -0.2) is 43.1 Å². The minimum absolute atomic E-state index is 0.181. The fraction of sp³-hybridized carbons (Fsp3) is 0.429. The summed E-state index contributed by atoms with van der Waals surface area (Å²) >= 11 is 0. The number of nitrogens with zero attached hydrogens (tertiary/aromatic N) is 2. The van der Waals surface area contributed by atoms with Crippen molar-refractivity contribution < 1.29 is 9.13 Å². The van der Waals surface area contributed by atoms with Gasteiger partial charge in [0.1, 0.15) is 11.6 Å². The third-order valence-electron chi connectivity index (χ3n) is 3.88. The van der Waals surface area contributed by atoms with Crippen molar-refractivity contribution in [1.82, 2.24) is 9.80 Å². The van der Waals surface area contributed by atoms with Gasteiger partial charge in [0.2, 0.25) is 0 Å². The molecule has 0 spiro atoms. The molecule has 0 radical (unpaired) electrons. The van der Waals surface area contributed by atoms with Gasteiger partial charge in [-0.3, -0.25) is 4.90 Å². The molecule has 0 saturated heterocycles. The zero-order valence-electron chi connectivity index (χ0n) is 15.7. The SMILES string of the molecule is CC(C)Oc1ccc(CN(CCN(C)C)Cc2ccc(F)cc2)cc1. The Morgan fingerprint density at radius 3 is 1.84 bits per heavy atom. The van der Waals surface area contributed by atoms with E-state index in [9.17, 15) is 4.39 Å². The molecule has 2 rings (SSSR count). The maximum atomic E-state index is 13.1. The zero-order valence-corrected chi connectivity index (χ0v) is 15.7. The maximum Gasteiger partial charge on any atom is 0.123 e. The van der Waals surface area contributed by atoms with Crippen molar-refractivity contribution in [3.63, 3.8) is 0 Å². The van der Waals surface area contributed by atoms with E-state index >= 15 is 0 Å². The molecule has 0 aliphatic rings. The van der Waals surface area contributed by atoms with Gasteiger partial charge >= 0.3 is 0 Å². The van der Waals surface area contributed by atoms with Crippen LogP contribution in [0.5, 0.6) is 5.75 Å². The first kappa shape index (κ1) is 19.4. The van der Waals surface area contributed by atoms with Crippen LogP contribution in [0.15, 0.2) is 48.5 Å². The Labute approximate surface area is 151 Å². The average Bonchev–Trinajstić information content (AvgIpc) is 2.56. The van der Waals surface area contributed by atoms with Gasteiger partial charge in [0.15, 0.2) is 0 Å². The number of likely N-dealkylation sites (N-methyl/N-ethyl adjacent to an activating group) is 1. The van der Waals surface area contributed by atoms with E-state index in [-0.39, 0.29) is 11.9 Å². The van der Waals surface area contributed by atoms with Crippen LogP contribution in [0.4, 0.5) is 4.39 Å². The van der Waals surface area contributed by atoms with Crippen LogP contribution < -0.4 is 4.74 Å². The molecule has 0 fully saturated rings. The molecule has 2 aromatic carbocycles. The van der Waals surface area contributed by atoms with E-state index in [1.54, 1.807) is 0 Å². The molecule has 0 bridgehead atoms. The summed E-state index contributed by atoms with van der Waals surface area (Å²) in [6.45, 7) is 7.65. The molecule has 0 saturated carbocycles. The van der Waals surface area contributed by atoms with E-state index < -0.39 is 0 Å². The fourth-order valence-electron chi connectivity index (χ4n) is 2.61. The monoisotopic (exact) mass is 344 g/mol. The molecule has 0 aliphatic heterocycles. The lowest BCUT2D eigenvalue weighted by Crippen LogP contribution is -2.31. The molecule has 0 atom stereocenters. The first-order valence-corrected chi connectivity index (χ1v) is 8.79. The summed E-state index contributed by atoms with van der Waals surface area (Å²) in [4.78, 5) is 4.56. The van der Waals surface area contributed by atoms with E-state index in [0.29, 0.717) is 0 Å². The molecule has 136 valence electrons. The molecule has 0 unspecified atom stereocenters. The molecule has 3 nitrogen and oxygen atoms in total. The summed E-state index contributed by atoms with van der Waals surface area (Å²) in [5.41, 5.74) is 2.37. The lowest BCUT2D eigenvalue weighted by molar-refractivity contribution is 0.225. The molecule has 0 aromatic heterocycles. The summed E-state index contributed by atoms with van der Waals surface area (Å²) in [5.74, 6) is 0.710. The number of ether oxygens (including phenoxy) is 1. The van der Waals surface area contributed by atoms with Crippen LogP contribution in [0.2, 0.25) is 0 Å². The molecule has 25 heavy (non-hydrogen) atoms. The number of halogens is 1. The van der Waals surface area contributed by atoms with Crippen molar-refractivity contribution in [3.05, 3.63) is 65.5 Å². The highest BCUT2D eigenvalue weighted by atomic mass is 19.1. The Morgan fingerprint density at radius 2 is 1.36 bits per heavy atom. The summed E-state index contributed by atoms with van der Waals surface area (Å²) in [5, 5.41) is 0. The zero-order chi connectivity index (χ0) is 18.2. The van der Waals surface area contributed by atoms with Crippen molar-refractivity contribution in [1.29, 1.82) is 0 Å². The summed E-state index contributed by atoms with van der Waals surface area (Å²) < 4.78 is 18.8. The van der Waals surface area contributed by atoms with E-state index in [1.165, 1.54) is 17.7 Å². The smallest absolute Gasteiger partial charge is 0.123 e. The molecule has 2 aromatic rings. The molecule has 0 N–H and O–H groups in total. The number of hydrogen-bond acceptors (Lipinski definition) is 3. The molecular weight excluding hydrogens is 315 g/mol. The Morgan fingerprint density at radius 1 is 0.840 bits per heavy atom. The predicted octanol–water partition coefficient (Wildman–Crippen LogP) is 4.18. The third kappa shape index (κ3) is 7.24. The van der Waals surface area contributed by atoms with Gasteiger partial charge in [-0.25, -0.2) is 4.39 Å². The predicted molar refractivity (Wildman–Crippen MR) is 101 cm³/mol. The number of rotatable bonds is 9. The van der Waals surface area contributed by atoms with Gasteiger partial charge < -0.3 is 9.64 Å². The molecule has 0 heterocycles. The van der Waals surface area contributed by atoms with Gasteiger partial charge in [0.05, 0.1) is 6.10 Å². The van der Waals surface area contributed by atoms with Crippen molar-refractivity contribution in [2.24, 2.45) is 0 Å². The van der Waals surface area contributed by atoms with E-state index in [4.69, 9.17) is 4.74 Å². The van der Waals surface area contributed by atoms with Gasteiger partial charge in [-0.15, -0.1) is 0 Å². The van der Waals surface area contributed by atoms with E-state index in [1.807, 2.05) is 38.1 Å². The average molecular weight is 344 g/mol. The maximum absolute atomic E-state index is 13.1. The second-order valence-corrected chi connectivity index (χ2v) is 6.95. The molecule has 4 heteroatoms. The normalized spacial score (nSPS) is 11.5. The first-order chi connectivity index (χ1) is 11.9. The summed E-state index contributed by atoms with van der Waals surface area (Å²) in [7, 11) is 4.16. The lowest BCUT2D eigenvalue weighted by Gasteiger charge is -2.24. The van der Waals surface area contributed by atoms with Crippen LogP contribution in [0, 0.1) is 5.82 Å². The largest absolute Gasteiger partial charge is 0.491 e. The Hall–Kier alpha value is -1.91. The third-order valence-corrected chi connectivity index (χ3v) is 3.88. The number of benzene rings is 2. The van der Waals surface area contributed by atoms with Gasteiger partial charge in [-0.05, 0) is 63.3 Å². The van der Waals surface area contributed by atoms with Crippen molar-refractivity contribution in [2.45, 2.75) is 33.0 Å². The second-order valence-electron chi connectivity index (χ2n) is 6.95. The summed E-state index contributed by atoms with van der Waals surface area (Å²) in [6.07, 6.45) is 0.181. The quantitative estimate of drug-likeness (QED) is 0.679. The Bertz CT molecular complexity index is 623. The highest BCUT2D eigenvalue weighted by Gasteiger charge is 2.09. The van der Waals surface area contributed by atoms with Crippen LogP contribution in [0.25, 0.3) is 0 Å². The highest BCUT2D eigenvalue weighted by Crippen LogP contribution is 2.16. The van der Waals surface area contributed by atoms with E-state index in [2.05, 4.69) is 36.0 Å². The topological polar surface area (TPSA) is 15.7 Å². The van der Waals surface area contributed by atoms with Crippen LogP contribution in [0.3, 0.4) is 0 Å². The van der Waals surface area contributed by atoms with Gasteiger partial charge in [-0.1, -0.05) is 24.3 Å². The van der Waals surface area contributed by atoms with Gasteiger partial charge in [0.25, 0.3) is 0 Å². The minimum atomic E-state index is -0.190. The van der Waals surface area contributed by atoms with Crippen LogP contribution in [-0.2, 0) is 13.1 Å². The van der Waals surface area contributed by atoms with Crippen molar-refractivity contribution in [3.8, 4) is 5.75 Å². The first-order valence-electron chi connectivity index (χ1n) is 8.79. The highest BCUT2D eigenvalue weighted by molar-refractivity contribution is 5.27. The van der Waals surface area contributed by atoms with Crippen molar-refractivity contribution in [2.75, 3.05) is 27.2 Å². The minimum Gasteiger partial charge on any atom is -0.491 e. The van der Waals surface area contributed by atoms with Crippen LogP contribution >= 0.6 is 0 Å². The second kappa shape index (κ2) is 9.54. The van der Waals surface area contributed by atoms with E-state index in [0.717, 1.165) is 37.5 Å². The standard InChI is InChI=1S/C21H29FN2O/c1-17(2)25-21-11-7-19(8-12-21)16-24(14-13-23(3)4)15-18-5-9-20(22)10-6-18/h5-12,17H,13-16H2,1-4H3. The molecule has 0 amide bonds.